The van der Waals surface area contributed by atoms with Crippen LogP contribution in [0.2, 0.25) is 0 Å². The van der Waals surface area contributed by atoms with Crippen molar-refractivity contribution in [2.75, 3.05) is 23.3 Å². The lowest BCUT2D eigenvalue weighted by molar-refractivity contribution is -0.385. The summed E-state index contributed by atoms with van der Waals surface area (Å²) in [7, 11) is 0. The molecule has 2 aromatic rings. The maximum atomic E-state index is 12.4. The molecule has 3 rings (SSSR count). The molecule has 1 heterocycles. The first-order chi connectivity index (χ1) is 13.1. The SMILES string of the molecule is O=C(NC(=S)Nc1ccccc1N1CCCCC1)c1ccccc1[N+](=O)[O-]. The van der Waals surface area contributed by atoms with E-state index >= 15 is 0 Å². The van der Waals surface area contributed by atoms with E-state index in [4.69, 9.17) is 12.2 Å². The van der Waals surface area contributed by atoms with Crippen LogP contribution in [0, 0.1) is 10.1 Å². The molecular formula is C19H20N4O3S. The molecule has 8 heteroatoms. The van der Waals surface area contributed by atoms with Gasteiger partial charge in [0.1, 0.15) is 5.56 Å². The summed E-state index contributed by atoms with van der Waals surface area (Å²) >= 11 is 5.25. The van der Waals surface area contributed by atoms with E-state index in [0.717, 1.165) is 37.3 Å². The van der Waals surface area contributed by atoms with Crippen LogP contribution in [0.4, 0.5) is 17.1 Å². The average molecular weight is 384 g/mol. The molecule has 1 aliphatic rings. The van der Waals surface area contributed by atoms with Gasteiger partial charge in [0.05, 0.1) is 16.3 Å². The Kier molecular flexibility index (Phi) is 5.97. The molecule has 0 atom stereocenters. The number of nitro groups is 1. The van der Waals surface area contributed by atoms with Crippen LogP contribution >= 0.6 is 12.2 Å². The quantitative estimate of drug-likeness (QED) is 0.475. The number of carbonyl (C=O) groups excluding carboxylic acids is 1. The fourth-order valence-corrected chi connectivity index (χ4v) is 3.34. The Morgan fingerprint density at radius 2 is 1.70 bits per heavy atom. The Balaban J connectivity index is 1.72. The van der Waals surface area contributed by atoms with Crippen molar-refractivity contribution in [1.29, 1.82) is 0 Å². The minimum Gasteiger partial charge on any atom is -0.370 e. The molecule has 140 valence electrons. The number of nitrogens with zero attached hydrogens (tertiary/aromatic N) is 2. The zero-order valence-electron chi connectivity index (χ0n) is 14.7. The summed E-state index contributed by atoms with van der Waals surface area (Å²) in [5.74, 6) is -0.616. The smallest absolute Gasteiger partial charge is 0.282 e. The van der Waals surface area contributed by atoms with E-state index in [1.165, 1.54) is 24.6 Å². The van der Waals surface area contributed by atoms with Gasteiger partial charge >= 0.3 is 0 Å². The van der Waals surface area contributed by atoms with E-state index in [1.54, 1.807) is 6.07 Å². The number of para-hydroxylation sites is 3. The van der Waals surface area contributed by atoms with Crippen LogP contribution < -0.4 is 15.5 Å². The first-order valence-corrected chi connectivity index (χ1v) is 9.17. The second kappa shape index (κ2) is 8.59. The second-order valence-electron chi connectivity index (χ2n) is 6.25. The molecule has 1 aliphatic heterocycles. The molecule has 1 saturated heterocycles. The normalized spacial score (nSPS) is 13.7. The monoisotopic (exact) mass is 384 g/mol. The Morgan fingerprint density at radius 3 is 2.44 bits per heavy atom. The molecule has 0 aliphatic carbocycles. The number of thiocarbonyl (C=S) groups is 1. The molecule has 2 aromatic carbocycles. The second-order valence-corrected chi connectivity index (χ2v) is 6.66. The maximum absolute atomic E-state index is 12.4. The van der Waals surface area contributed by atoms with Crippen LogP contribution in [0.15, 0.2) is 48.5 Å². The van der Waals surface area contributed by atoms with Crippen LogP contribution in [0.5, 0.6) is 0 Å². The lowest BCUT2D eigenvalue weighted by Crippen LogP contribution is -2.35. The predicted octanol–water partition coefficient (Wildman–Crippen LogP) is 3.71. The topological polar surface area (TPSA) is 87.5 Å². The molecule has 7 nitrogen and oxygen atoms in total. The average Bonchev–Trinajstić information content (AvgIpc) is 2.69. The Morgan fingerprint density at radius 1 is 1.04 bits per heavy atom. The number of anilines is 2. The van der Waals surface area contributed by atoms with Gasteiger partial charge in [-0.3, -0.25) is 20.2 Å². The molecule has 0 radical (unpaired) electrons. The largest absolute Gasteiger partial charge is 0.370 e. The van der Waals surface area contributed by atoms with Gasteiger partial charge in [-0.15, -0.1) is 0 Å². The van der Waals surface area contributed by atoms with Crippen LogP contribution in [0.3, 0.4) is 0 Å². The van der Waals surface area contributed by atoms with Crippen molar-refractivity contribution in [2.24, 2.45) is 0 Å². The minimum atomic E-state index is -0.616. The van der Waals surface area contributed by atoms with E-state index in [2.05, 4.69) is 15.5 Å². The Hall–Kier alpha value is -3.00. The van der Waals surface area contributed by atoms with E-state index in [0.29, 0.717) is 0 Å². The standard InChI is InChI=1S/C19H20N4O3S/c24-18(14-8-2-4-10-16(14)23(25)26)21-19(27)20-15-9-3-5-11-17(15)22-12-6-1-7-13-22/h2-5,8-11H,1,6-7,12-13H2,(H2,20,21,24,27). The predicted molar refractivity (Wildman–Crippen MR) is 109 cm³/mol. The number of piperidine rings is 1. The van der Waals surface area contributed by atoms with Crippen LogP contribution in [0.1, 0.15) is 29.6 Å². The highest BCUT2D eigenvalue weighted by molar-refractivity contribution is 7.80. The highest BCUT2D eigenvalue weighted by Gasteiger charge is 2.20. The number of hydrogen-bond donors (Lipinski definition) is 2. The van der Waals surface area contributed by atoms with Crippen molar-refractivity contribution >= 4 is 40.3 Å². The third-order valence-corrected chi connectivity index (χ3v) is 4.63. The zero-order chi connectivity index (χ0) is 19.2. The molecule has 27 heavy (non-hydrogen) atoms. The number of hydrogen-bond acceptors (Lipinski definition) is 5. The first-order valence-electron chi connectivity index (χ1n) is 8.76. The van der Waals surface area contributed by atoms with E-state index in [1.807, 2.05) is 24.3 Å². The highest BCUT2D eigenvalue weighted by atomic mass is 32.1. The summed E-state index contributed by atoms with van der Waals surface area (Å²) in [5, 5.41) is 16.8. The highest BCUT2D eigenvalue weighted by Crippen LogP contribution is 2.28. The van der Waals surface area contributed by atoms with Crippen molar-refractivity contribution in [3.63, 3.8) is 0 Å². The lowest BCUT2D eigenvalue weighted by Gasteiger charge is -2.30. The number of nitrogens with one attached hydrogen (secondary N) is 2. The zero-order valence-corrected chi connectivity index (χ0v) is 15.5. The summed E-state index contributed by atoms with van der Waals surface area (Å²) in [5.41, 5.74) is 1.54. The lowest BCUT2D eigenvalue weighted by atomic mass is 10.1. The van der Waals surface area contributed by atoms with Crippen molar-refractivity contribution in [3.05, 3.63) is 64.2 Å². The number of rotatable bonds is 4. The van der Waals surface area contributed by atoms with Crippen molar-refractivity contribution in [2.45, 2.75) is 19.3 Å². The van der Waals surface area contributed by atoms with Gasteiger partial charge in [-0.25, -0.2) is 0 Å². The minimum absolute atomic E-state index is 0.0315. The van der Waals surface area contributed by atoms with E-state index < -0.39 is 10.8 Å². The number of carbonyl (C=O) groups is 1. The molecule has 1 amide bonds. The first kappa shape index (κ1) is 18.8. The molecule has 0 saturated carbocycles. The summed E-state index contributed by atoms with van der Waals surface area (Å²) in [4.78, 5) is 25.2. The summed E-state index contributed by atoms with van der Waals surface area (Å²) in [6, 6.07) is 13.5. The van der Waals surface area contributed by atoms with Crippen molar-refractivity contribution in [1.82, 2.24) is 5.32 Å². The summed E-state index contributed by atoms with van der Waals surface area (Å²) < 4.78 is 0. The fourth-order valence-electron chi connectivity index (χ4n) is 3.14. The molecule has 0 spiro atoms. The fraction of sp³-hybridized carbons (Fsp3) is 0.263. The van der Waals surface area contributed by atoms with Gasteiger partial charge in [-0.1, -0.05) is 24.3 Å². The van der Waals surface area contributed by atoms with Gasteiger partial charge < -0.3 is 10.2 Å². The van der Waals surface area contributed by atoms with E-state index in [-0.39, 0.29) is 16.4 Å². The van der Waals surface area contributed by atoms with Crippen LogP contribution in [0.25, 0.3) is 0 Å². The van der Waals surface area contributed by atoms with Gasteiger partial charge in [0.25, 0.3) is 11.6 Å². The third-order valence-electron chi connectivity index (χ3n) is 4.42. The Labute approximate surface area is 162 Å². The van der Waals surface area contributed by atoms with Crippen molar-refractivity contribution in [3.8, 4) is 0 Å². The van der Waals surface area contributed by atoms with Crippen LogP contribution in [-0.4, -0.2) is 29.0 Å². The molecule has 1 fully saturated rings. The van der Waals surface area contributed by atoms with Gasteiger partial charge in [-0.2, -0.15) is 0 Å². The van der Waals surface area contributed by atoms with Gasteiger partial charge in [0.2, 0.25) is 0 Å². The van der Waals surface area contributed by atoms with Gasteiger partial charge in [-0.05, 0) is 49.7 Å². The number of nitro benzene ring substituents is 1. The van der Waals surface area contributed by atoms with Crippen molar-refractivity contribution < 1.29 is 9.72 Å². The number of amides is 1. The maximum Gasteiger partial charge on any atom is 0.282 e. The van der Waals surface area contributed by atoms with Gasteiger partial charge in [0, 0.05) is 19.2 Å². The molecule has 0 bridgehead atoms. The van der Waals surface area contributed by atoms with Gasteiger partial charge in [0.15, 0.2) is 5.11 Å². The van der Waals surface area contributed by atoms with Crippen LogP contribution in [-0.2, 0) is 0 Å². The Bertz CT molecular complexity index is 866. The summed E-state index contributed by atoms with van der Waals surface area (Å²) in [6.45, 7) is 1.96. The number of benzene rings is 2. The molecule has 2 N–H and O–H groups in total. The third kappa shape index (κ3) is 4.59. The molecule has 0 aromatic heterocycles. The van der Waals surface area contributed by atoms with E-state index in [9.17, 15) is 14.9 Å². The molecular weight excluding hydrogens is 364 g/mol. The molecule has 0 unspecified atom stereocenters. The summed E-state index contributed by atoms with van der Waals surface area (Å²) in [6.07, 6.45) is 3.52.